The summed E-state index contributed by atoms with van der Waals surface area (Å²) in [6, 6.07) is 1.78. The van der Waals surface area contributed by atoms with E-state index in [4.69, 9.17) is 19.6 Å². The molecule has 1 amide bonds. The van der Waals surface area contributed by atoms with Crippen LogP contribution in [-0.2, 0) is 9.53 Å². The van der Waals surface area contributed by atoms with E-state index in [1.807, 2.05) is 0 Å². The number of fused-ring (bicyclic) bond motifs is 1. The summed E-state index contributed by atoms with van der Waals surface area (Å²) in [6.45, 7) is -0.661. The molecule has 2 aromatic rings. The number of aromatic nitrogens is 1. The summed E-state index contributed by atoms with van der Waals surface area (Å²) >= 11 is 3.24. The smallest absolute Gasteiger partial charge is 0.336 e. The largest absolute Gasteiger partial charge is 0.475 e. The molecule has 160 valence electrons. The van der Waals surface area contributed by atoms with Crippen molar-refractivity contribution in [1.29, 1.82) is 0 Å². The summed E-state index contributed by atoms with van der Waals surface area (Å²) in [5.74, 6) is -4.36. The maximum Gasteiger partial charge on any atom is 0.336 e. The van der Waals surface area contributed by atoms with E-state index in [2.05, 4.69) is 20.9 Å². The molecule has 1 aliphatic carbocycles. The van der Waals surface area contributed by atoms with Gasteiger partial charge in [-0.25, -0.2) is 18.6 Å². The Morgan fingerprint density at radius 1 is 1.32 bits per heavy atom. The van der Waals surface area contributed by atoms with Gasteiger partial charge in [0.25, 0.3) is 5.91 Å². The van der Waals surface area contributed by atoms with Crippen molar-refractivity contribution in [2.24, 2.45) is 5.73 Å². The second kappa shape index (κ2) is 8.08. The Balaban J connectivity index is 1.62. The number of carbonyl (C=O) groups is 2. The van der Waals surface area contributed by atoms with E-state index in [0.29, 0.717) is 29.0 Å². The zero-order valence-corrected chi connectivity index (χ0v) is 17.1. The first-order valence-electron chi connectivity index (χ1n) is 8.84. The first kappa shape index (κ1) is 20.9. The highest BCUT2D eigenvalue weighted by atomic mass is 79.9. The number of carbonyl (C=O) groups excluding carboxylic acids is 2. The van der Waals surface area contributed by atoms with Crippen LogP contribution >= 0.6 is 15.9 Å². The van der Waals surface area contributed by atoms with Gasteiger partial charge >= 0.3 is 5.97 Å². The van der Waals surface area contributed by atoms with Crippen LogP contribution in [0.5, 0.6) is 5.75 Å². The van der Waals surface area contributed by atoms with Gasteiger partial charge in [0, 0.05) is 18.1 Å². The first-order valence-corrected chi connectivity index (χ1v) is 9.63. The fourth-order valence-corrected chi connectivity index (χ4v) is 3.63. The van der Waals surface area contributed by atoms with E-state index in [9.17, 15) is 23.5 Å². The number of nitrogens with two attached hydrogens (primary N) is 1. The van der Waals surface area contributed by atoms with Crippen molar-refractivity contribution >= 4 is 33.4 Å². The molecule has 8 nitrogen and oxygen atoms in total. The van der Waals surface area contributed by atoms with Gasteiger partial charge < -0.3 is 24.7 Å². The number of allylic oxidation sites excluding steroid dienone is 4. The van der Waals surface area contributed by atoms with Crippen molar-refractivity contribution < 1.29 is 37.4 Å². The number of aliphatic hydroxyl groups is 1. The van der Waals surface area contributed by atoms with Crippen molar-refractivity contribution in [3.8, 4) is 5.75 Å². The van der Waals surface area contributed by atoms with E-state index < -0.39 is 47.5 Å². The van der Waals surface area contributed by atoms with Gasteiger partial charge in [-0.05, 0) is 39.7 Å². The lowest BCUT2D eigenvalue weighted by Gasteiger charge is -2.15. The van der Waals surface area contributed by atoms with Crippen molar-refractivity contribution in [2.45, 2.75) is 12.5 Å². The Bertz CT molecular complexity index is 1200. The van der Waals surface area contributed by atoms with E-state index >= 15 is 0 Å². The molecule has 0 saturated heterocycles. The minimum atomic E-state index is -1.30. The molecule has 0 spiro atoms. The summed E-state index contributed by atoms with van der Waals surface area (Å²) in [6.07, 6.45) is 3.78. The Morgan fingerprint density at radius 2 is 2.10 bits per heavy atom. The molecule has 0 radical (unpaired) electrons. The Labute approximate surface area is 181 Å². The molecule has 1 atom stereocenters. The number of benzene rings is 1. The van der Waals surface area contributed by atoms with Gasteiger partial charge in [0.2, 0.25) is 5.89 Å². The lowest BCUT2D eigenvalue weighted by atomic mass is 9.97. The third-order valence-electron chi connectivity index (χ3n) is 4.55. The topological polar surface area (TPSA) is 125 Å². The number of hydrogen-bond acceptors (Lipinski definition) is 7. The van der Waals surface area contributed by atoms with Gasteiger partial charge in [-0.3, -0.25) is 4.79 Å². The second-order valence-corrected chi connectivity index (χ2v) is 7.27. The minimum absolute atomic E-state index is 0.0999. The van der Waals surface area contributed by atoms with Crippen LogP contribution in [0.25, 0.3) is 5.57 Å². The van der Waals surface area contributed by atoms with Crippen molar-refractivity contribution in [1.82, 2.24) is 4.98 Å². The fourth-order valence-electron chi connectivity index (χ4n) is 3.12. The average molecular weight is 495 g/mol. The molecule has 11 heteroatoms. The summed E-state index contributed by atoms with van der Waals surface area (Å²) in [5, 5.41) is 9.71. The molecular formula is C20H13BrF2N2O6. The van der Waals surface area contributed by atoms with Crippen LogP contribution in [0.4, 0.5) is 8.78 Å². The Morgan fingerprint density at radius 3 is 2.81 bits per heavy atom. The maximum absolute atomic E-state index is 14.5. The lowest BCUT2D eigenvalue weighted by molar-refractivity contribution is -0.132. The van der Waals surface area contributed by atoms with Crippen LogP contribution in [-0.4, -0.2) is 28.6 Å². The van der Waals surface area contributed by atoms with Gasteiger partial charge in [-0.1, -0.05) is 6.08 Å². The minimum Gasteiger partial charge on any atom is -0.475 e. The SMILES string of the molecule is NC(=O)c1c(F)ccc(O[C@H](CO)c2nc(C3=CC=C4OC(=O)C=C4C3)c(Br)o2)c1F. The predicted octanol–water partition coefficient (Wildman–Crippen LogP) is 3.08. The number of hydrogen-bond donors (Lipinski definition) is 2. The zero-order valence-electron chi connectivity index (χ0n) is 15.5. The molecule has 4 rings (SSSR count). The standard InChI is InChI=1S/C20H13BrF2N2O6/c21-18-17(8-1-3-11-9(5-8)6-14(27)30-11)25-20(31-18)13(7-26)29-12-4-2-10(22)15(16(12)23)19(24)28/h1-4,6,13,26H,5,7H2,(H2,24,28)/t13-/m1/s1. The third kappa shape index (κ3) is 3.89. The number of oxazole rings is 1. The van der Waals surface area contributed by atoms with Gasteiger partial charge in [-0.2, -0.15) is 0 Å². The van der Waals surface area contributed by atoms with E-state index in [0.717, 1.165) is 12.1 Å². The van der Waals surface area contributed by atoms with Gasteiger partial charge in [0.1, 0.15) is 22.8 Å². The first-order chi connectivity index (χ1) is 14.8. The number of halogens is 3. The van der Waals surface area contributed by atoms with Crippen molar-refractivity contribution in [2.75, 3.05) is 6.61 Å². The number of nitrogens with zero attached hydrogens (tertiary/aromatic N) is 1. The van der Waals surface area contributed by atoms with Gasteiger partial charge in [0.15, 0.2) is 22.3 Å². The van der Waals surface area contributed by atoms with Crippen LogP contribution in [0.15, 0.2) is 50.8 Å². The molecule has 3 N–H and O–H groups in total. The molecule has 0 saturated carbocycles. The molecule has 0 fully saturated rings. The van der Waals surface area contributed by atoms with E-state index in [1.54, 1.807) is 12.2 Å². The Hall–Kier alpha value is -3.31. The number of aliphatic hydroxyl groups excluding tert-OH is 1. The monoisotopic (exact) mass is 494 g/mol. The predicted molar refractivity (Wildman–Crippen MR) is 104 cm³/mol. The number of ether oxygens (including phenoxy) is 2. The number of primary amides is 1. The highest BCUT2D eigenvalue weighted by Crippen LogP contribution is 2.38. The van der Waals surface area contributed by atoms with Crippen LogP contribution in [0.1, 0.15) is 34.5 Å². The quantitative estimate of drug-likeness (QED) is 0.591. The van der Waals surface area contributed by atoms with Gasteiger partial charge in [0.05, 0.1) is 6.61 Å². The molecule has 0 bridgehead atoms. The molecular weight excluding hydrogens is 482 g/mol. The van der Waals surface area contributed by atoms with Crippen molar-refractivity contribution in [3.63, 3.8) is 0 Å². The average Bonchev–Trinajstić information content (AvgIpc) is 3.28. The number of amides is 1. The highest BCUT2D eigenvalue weighted by Gasteiger charge is 2.29. The molecule has 1 aliphatic heterocycles. The van der Waals surface area contributed by atoms with Crippen LogP contribution in [0, 0.1) is 11.6 Å². The fraction of sp³-hybridized carbons (Fsp3) is 0.150. The molecule has 2 aliphatic rings. The summed E-state index contributed by atoms with van der Waals surface area (Å²) in [4.78, 5) is 27.0. The maximum atomic E-state index is 14.5. The van der Waals surface area contributed by atoms with Crippen LogP contribution < -0.4 is 10.5 Å². The van der Waals surface area contributed by atoms with Gasteiger partial charge in [-0.15, -0.1) is 0 Å². The summed E-state index contributed by atoms with van der Waals surface area (Å²) in [5.41, 5.74) is 5.80. The molecule has 2 heterocycles. The van der Waals surface area contributed by atoms with Crippen LogP contribution in [0.2, 0.25) is 0 Å². The Kier molecular flexibility index (Phi) is 5.46. The molecule has 1 aromatic heterocycles. The van der Waals surface area contributed by atoms with E-state index in [1.165, 1.54) is 6.08 Å². The molecule has 0 unspecified atom stereocenters. The third-order valence-corrected chi connectivity index (χ3v) is 5.09. The normalized spacial score (nSPS) is 16.1. The second-order valence-electron chi connectivity index (χ2n) is 6.55. The van der Waals surface area contributed by atoms with Crippen LogP contribution in [0.3, 0.4) is 0 Å². The summed E-state index contributed by atoms with van der Waals surface area (Å²) in [7, 11) is 0. The lowest BCUT2D eigenvalue weighted by Crippen LogP contribution is -2.18. The summed E-state index contributed by atoms with van der Waals surface area (Å²) < 4.78 is 44.3. The molecule has 31 heavy (non-hydrogen) atoms. The highest BCUT2D eigenvalue weighted by molar-refractivity contribution is 9.10. The molecule has 1 aromatic carbocycles. The zero-order chi connectivity index (χ0) is 22.3. The van der Waals surface area contributed by atoms with E-state index in [-0.39, 0.29) is 10.6 Å². The number of rotatable bonds is 6. The van der Waals surface area contributed by atoms with Crippen molar-refractivity contribution in [3.05, 3.63) is 75.1 Å². The number of esters is 1.